The predicted molar refractivity (Wildman–Crippen MR) is 134 cm³/mol. The first-order valence-electron chi connectivity index (χ1n) is 11.8. The van der Waals surface area contributed by atoms with E-state index in [-0.39, 0.29) is 17.9 Å². The first-order valence-corrected chi connectivity index (χ1v) is 11.8. The van der Waals surface area contributed by atoms with E-state index in [2.05, 4.69) is 34.6 Å². The van der Waals surface area contributed by atoms with Crippen LogP contribution in [0.15, 0.2) is 83.9 Å². The van der Waals surface area contributed by atoms with Gasteiger partial charge in [-0.05, 0) is 23.6 Å². The van der Waals surface area contributed by atoms with Gasteiger partial charge in [-0.2, -0.15) is 0 Å². The summed E-state index contributed by atoms with van der Waals surface area (Å²) in [6.45, 7) is 1.35. The molecule has 1 saturated heterocycles. The van der Waals surface area contributed by atoms with Gasteiger partial charge in [-0.25, -0.2) is 4.99 Å². The molecule has 0 aromatic heterocycles. The summed E-state index contributed by atoms with van der Waals surface area (Å²) in [6.07, 6.45) is 0.961. The number of fused-ring (bicyclic) bond motifs is 2. The number of nitrogens with zero attached hydrogens (tertiary/aromatic N) is 3. The molecule has 35 heavy (non-hydrogen) atoms. The largest absolute Gasteiger partial charge is 0.491 e. The molecule has 7 nitrogen and oxygen atoms in total. The normalized spacial score (nSPS) is 14.2. The van der Waals surface area contributed by atoms with Gasteiger partial charge in [-0.1, -0.05) is 72.8 Å². The van der Waals surface area contributed by atoms with Crippen LogP contribution in [-0.2, 0) is 16.1 Å². The van der Waals surface area contributed by atoms with E-state index in [0.717, 1.165) is 22.4 Å². The van der Waals surface area contributed by atoms with Gasteiger partial charge in [-0.15, -0.1) is 0 Å². The minimum Gasteiger partial charge on any atom is -0.491 e. The molecule has 5 rings (SSSR count). The maximum Gasteiger partial charge on any atom is 0.246 e. The molecule has 0 aliphatic carbocycles. The Hall–Kier alpha value is -4.13. The van der Waals surface area contributed by atoms with Crippen LogP contribution in [0.3, 0.4) is 0 Å². The van der Waals surface area contributed by atoms with Crippen LogP contribution >= 0.6 is 0 Å². The fourth-order valence-electron chi connectivity index (χ4n) is 4.61. The number of ether oxygens (including phenoxy) is 1. The zero-order valence-corrected chi connectivity index (χ0v) is 19.7. The van der Waals surface area contributed by atoms with Crippen molar-refractivity contribution in [2.45, 2.75) is 25.4 Å². The van der Waals surface area contributed by atoms with E-state index < -0.39 is 0 Å². The molecule has 0 atom stereocenters. The standard InChI is InChI=1S/C28H28N4O3/c1-31(27(20-10-4-2-5-11-20)21-12-6-3-7-13-21)25(34)16-9-17-35-23-15-8-14-22-18-32-19-24(33)29-28(32)30-26(22)23/h2-8,10-15,27H,9,16-19H2,1H3,(H,29,30,33). The molecule has 1 fully saturated rings. The summed E-state index contributed by atoms with van der Waals surface area (Å²) in [4.78, 5) is 33.2. The lowest BCUT2D eigenvalue weighted by Gasteiger charge is -2.29. The Morgan fingerprint density at radius 1 is 1.00 bits per heavy atom. The number of benzene rings is 3. The van der Waals surface area contributed by atoms with E-state index in [1.54, 1.807) is 0 Å². The van der Waals surface area contributed by atoms with Crippen LogP contribution in [0.25, 0.3) is 0 Å². The Bertz CT molecular complexity index is 1200. The Kier molecular flexibility index (Phi) is 6.48. The predicted octanol–water partition coefficient (Wildman–Crippen LogP) is 4.03. The van der Waals surface area contributed by atoms with E-state index in [9.17, 15) is 9.59 Å². The highest BCUT2D eigenvalue weighted by atomic mass is 16.5. The first-order chi connectivity index (χ1) is 17.1. The number of aliphatic imine (C=N–C) groups is 1. The van der Waals surface area contributed by atoms with Crippen molar-refractivity contribution >= 4 is 23.5 Å². The Labute approximate surface area is 205 Å². The molecule has 3 aromatic carbocycles. The number of para-hydroxylation sites is 1. The second-order valence-corrected chi connectivity index (χ2v) is 8.78. The van der Waals surface area contributed by atoms with Crippen LogP contribution in [-0.4, -0.2) is 47.8 Å². The maximum atomic E-state index is 13.1. The molecule has 2 aliphatic heterocycles. The Morgan fingerprint density at radius 2 is 1.69 bits per heavy atom. The zero-order chi connectivity index (χ0) is 24.2. The van der Waals surface area contributed by atoms with Crippen LogP contribution in [0.4, 0.5) is 5.69 Å². The molecule has 3 aromatic rings. The van der Waals surface area contributed by atoms with Gasteiger partial charge in [-0.3, -0.25) is 14.9 Å². The average molecular weight is 469 g/mol. The molecule has 0 spiro atoms. The molecular formula is C28H28N4O3. The van der Waals surface area contributed by atoms with Crippen molar-refractivity contribution in [3.8, 4) is 5.75 Å². The van der Waals surface area contributed by atoms with Gasteiger partial charge in [0.15, 0.2) is 0 Å². The lowest BCUT2D eigenvalue weighted by molar-refractivity contribution is -0.131. The molecule has 0 radical (unpaired) electrons. The van der Waals surface area contributed by atoms with Crippen molar-refractivity contribution < 1.29 is 14.3 Å². The minimum atomic E-state index is -0.146. The number of amides is 2. The second-order valence-electron chi connectivity index (χ2n) is 8.78. The summed E-state index contributed by atoms with van der Waals surface area (Å²) in [5.41, 5.74) is 3.92. The van der Waals surface area contributed by atoms with Gasteiger partial charge < -0.3 is 14.5 Å². The van der Waals surface area contributed by atoms with Gasteiger partial charge in [0.05, 0.1) is 12.6 Å². The molecular weight excluding hydrogens is 440 g/mol. The molecule has 178 valence electrons. The van der Waals surface area contributed by atoms with E-state index >= 15 is 0 Å². The van der Waals surface area contributed by atoms with E-state index in [0.29, 0.717) is 44.2 Å². The summed E-state index contributed by atoms with van der Waals surface area (Å²) in [5.74, 6) is 1.25. The molecule has 2 amide bonds. The first kappa shape index (κ1) is 22.7. The molecule has 2 aliphatic rings. The van der Waals surface area contributed by atoms with Crippen molar-refractivity contribution in [1.29, 1.82) is 0 Å². The summed E-state index contributed by atoms with van der Waals surface area (Å²) < 4.78 is 6.03. The highest BCUT2D eigenvalue weighted by Gasteiger charge is 2.30. The van der Waals surface area contributed by atoms with Crippen LogP contribution in [0.5, 0.6) is 5.75 Å². The number of rotatable bonds is 8. The minimum absolute atomic E-state index is 0.0500. The zero-order valence-electron chi connectivity index (χ0n) is 19.7. The number of carbonyl (C=O) groups is 2. The third-order valence-corrected chi connectivity index (χ3v) is 6.35. The van der Waals surface area contributed by atoms with Crippen molar-refractivity contribution in [3.05, 3.63) is 95.6 Å². The lowest BCUT2D eigenvalue weighted by atomic mass is 9.97. The van der Waals surface area contributed by atoms with Gasteiger partial charge >= 0.3 is 0 Å². The highest BCUT2D eigenvalue weighted by Crippen LogP contribution is 2.36. The topological polar surface area (TPSA) is 74.2 Å². The summed E-state index contributed by atoms with van der Waals surface area (Å²) >= 11 is 0. The molecule has 1 N–H and O–H groups in total. The van der Waals surface area contributed by atoms with Crippen molar-refractivity contribution in [1.82, 2.24) is 15.1 Å². The third kappa shape index (κ3) is 4.89. The SMILES string of the molecule is CN(C(=O)CCCOc1cccc2c1N=C1NC(=O)CN1C2)C(c1ccccc1)c1ccccc1. The number of guanidine groups is 1. The fourth-order valence-corrected chi connectivity index (χ4v) is 4.61. The second kappa shape index (κ2) is 10.0. The number of nitrogens with one attached hydrogen (secondary N) is 1. The smallest absolute Gasteiger partial charge is 0.246 e. The summed E-state index contributed by atoms with van der Waals surface area (Å²) in [5, 5.41) is 2.79. The highest BCUT2D eigenvalue weighted by molar-refractivity contribution is 6.06. The van der Waals surface area contributed by atoms with E-state index in [4.69, 9.17) is 4.74 Å². The van der Waals surface area contributed by atoms with Crippen molar-refractivity contribution in [2.24, 2.45) is 4.99 Å². The van der Waals surface area contributed by atoms with E-state index in [1.165, 1.54) is 0 Å². The summed E-state index contributed by atoms with van der Waals surface area (Å²) in [6, 6.07) is 25.8. The van der Waals surface area contributed by atoms with Crippen LogP contribution in [0, 0.1) is 0 Å². The molecule has 0 bridgehead atoms. The molecule has 2 heterocycles. The van der Waals surface area contributed by atoms with Crippen molar-refractivity contribution in [2.75, 3.05) is 20.2 Å². The monoisotopic (exact) mass is 468 g/mol. The Balaban J connectivity index is 1.22. The van der Waals surface area contributed by atoms with Crippen molar-refractivity contribution in [3.63, 3.8) is 0 Å². The third-order valence-electron chi connectivity index (χ3n) is 6.35. The van der Waals surface area contributed by atoms with Gasteiger partial charge in [0, 0.05) is 25.6 Å². The molecule has 0 saturated carbocycles. The van der Waals surface area contributed by atoms with E-state index in [1.807, 2.05) is 71.4 Å². The quantitative estimate of drug-likeness (QED) is 0.507. The van der Waals surface area contributed by atoms with Gasteiger partial charge in [0.1, 0.15) is 18.0 Å². The fraction of sp³-hybridized carbons (Fsp3) is 0.250. The Morgan fingerprint density at radius 3 is 2.37 bits per heavy atom. The number of hydrogen-bond acceptors (Lipinski definition) is 5. The number of hydrogen-bond donors (Lipinski definition) is 1. The van der Waals surface area contributed by atoms with Gasteiger partial charge in [0.2, 0.25) is 17.8 Å². The molecule has 0 unspecified atom stereocenters. The van der Waals surface area contributed by atoms with Crippen LogP contribution < -0.4 is 10.1 Å². The van der Waals surface area contributed by atoms with Gasteiger partial charge in [0.25, 0.3) is 0 Å². The molecule has 7 heteroatoms. The van der Waals surface area contributed by atoms with Crippen LogP contribution in [0.1, 0.15) is 35.6 Å². The lowest BCUT2D eigenvalue weighted by Crippen LogP contribution is -2.32. The average Bonchev–Trinajstić information content (AvgIpc) is 3.25. The van der Waals surface area contributed by atoms with Crippen LogP contribution in [0.2, 0.25) is 0 Å². The summed E-state index contributed by atoms with van der Waals surface area (Å²) in [7, 11) is 1.86. The maximum absolute atomic E-state index is 13.1. The number of carbonyl (C=O) groups excluding carboxylic acids is 2.